The summed E-state index contributed by atoms with van der Waals surface area (Å²) in [6.45, 7) is 1.51. The van der Waals surface area contributed by atoms with Gasteiger partial charge in [-0.2, -0.15) is 5.10 Å². The lowest BCUT2D eigenvalue weighted by molar-refractivity contribution is 0.0745. The van der Waals surface area contributed by atoms with Gasteiger partial charge in [0.2, 0.25) is 0 Å². The van der Waals surface area contributed by atoms with Crippen molar-refractivity contribution in [2.45, 2.75) is 24.4 Å². The third-order valence-corrected chi connectivity index (χ3v) is 5.66. The number of aromatic nitrogens is 2. The number of amides is 2. The smallest absolute Gasteiger partial charge is 0.276 e. The molecule has 0 bridgehead atoms. The number of benzene rings is 2. The minimum atomic E-state index is -0.355. The molecule has 2 heterocycles. The van der Waals surface area contributed by atoms with E-state index in [2.05, 4.69) is 10.4 Å². The molecule has 0 unspecified atom stereocenters. The predicted molar refractivity (Wildman–Crippen MR) is 114 cm³/mol. The molecule has 1 aromatic heterocycles. The minimum absolute atomic E-state index is 0.187. The summed E-state index contributed by atoms with van der Waals surface area (Å²) in [6, 6.07) is 15.2. The molecular formula is C22H21FN4O2S. The van der Waals surface area contributed by atoms with Crippen LogP contribution in [0.25, 0.3) is 0 Å². The number of rotatable bonds is 5. The van der Waals surface area contributed by atoms with E-state index in [4.69, 9.17) is 0 Å². The molecule has 2 aromatic carbocycles. The van der Waals surface area contributed by atoms with Crippen molar-refractivity contribution in [3.05, 3.63) is 77.4 Å². The maximum absolute atomic E-state index is 13.1. The standard InChI is InChI=1S/C22H21FN4O2S/c1-30-18-5-2-4-17(12-18)24-21(28)19-13-20-22(29)26(10-3-11-27(20)25-19)14-15-6-8-16(23)9-7-15/h2,4-9,12-13H,3,10-11,14H2,1H3,(H,24,28). The Bertz CT molecular complexity index is 1080. The second-order valence-corrected chi connectivity index (χ2v) is 7.91. The highest BCUT2D eigenvalue weighted by atomic mass is 32.2. The SMILES string of the molecule is CSc1cccc(NC(=O)c2cc3n(n2)CCCN(Cc2ccc(F)cc2)C3=O)c1. The summed E-state index contributed by atoms with van der Waals surface area (Å²) in [6.07, 6.45) is 2.69. The number of hydrogen-bond acceptors (Lipinski definition) is 4. The number of carbonyl (C=O) groups is 2. The van der Waals surface area contributed by atoms with E-state index >= 15 is 0 Å². The third kappa shape index (κ3) is 4.38. The summed E-state index contributed by atoms with van der Waals surface area (Å²) in [5.41, 5.74) is 2.12. The van der Waals surface area contributed by atoms with Gasteiger partial charge in [-0.15, -0.1) is 11.8 Å². The lowest BCUT2D eigenvalue weighted by Gasteiger charge is -2.20. The first-order valence-electron chi connectivity index (χ1n) is 9.60. The lowest BCUT2D eigenvalue weighted by Crippen LogP contribution is -2.30. The van der Waals surface area contributed by atoms with Crippen molar-refractivity contribution in [2.24, 2.45) is 0 Å². The molecule has 6 nitrogen and oxygen atoms in total. The second kappa shape index (κ2) is 8.71. The fraction of sp³-hybridized carbons (Fsp3) is 0.227. The van der Waals surface area contributed by atoms with E-state index in [1.807, 2.05) is 30.5 Å². The van der Waals surface area contributed by atoms with Crippen molar-refractivity contribution in [3.63, 3.8) is 0 Å². The molecule has 1 N–H and O–H groups in total. The van der Waals surface area contributed by atoms with Crippen molar-refractivity contribution in [3.8, 4) is 0 Å². The van der Waals surface area contributed by atoms with Gasteiger partial charge < -0.3 is 10.2 Å². The second-order valence-electron chi connectivity index (χ2n) is 7.03. The number of hydrogen-bond donors (Lipinski definition) is 1. The Labute approximate surface area is 178 Å². The van der Waals surface area contributed by atoms with Crippen LogP contribution in [0.3, 0.4) is 0 Å². The fourth-order valence-corrected chi connectivity index (χ4v) is 3.86. The molecular weight excluding hydrogens is 403 g/mol. The van der Waals surface area contributed by atoms with Gasteiger partial charge in [0, 0.05) is 36.3 Å². The molecule has 1 aliphatic rings. The zero-order valence-corrected chi connectivity index (χ0v) is 17.3. The van der Waals surface area contributed by atoms with E-state index in [0.717, 1.165) is 16.9 Å². The average Bonchev–Trinajstić information content (AvgIpc) is 3.12. The van der Waals surface area contributed by atoms with E-state index in [1.54, 1.807) is 39.5 Å². The Morgan fingerprint density at radius 2 is 1.97 bits per heavy atom. The summed E-state index contributed by atoms with van der Waals surface area (Å²) in [7, 11) is 0. The topological polar surface area (TPSA) is 67.2 Å². The Morgan fingerprint density at radius 3 is 2.73 bits per heavy atom. The molecule has 0 radical (unpaired) electrons. The van der Waals surface area contributed by atoms with E-state index in [-0.39, 0.29) is 23.3 Å². The number of thioether (sulfide) groups is 1. The van der Waals surface area contributed by atoms with Crippen LogP contribution in [-0.4, -0.2) is 39.3 Å². The zero-order valence-electron chi connectivity index (χ0n) is 16.5. The molecule has 30 heavy (non-hydrogen) atoms. The van der Waals surface area contributed by atoms with Gasteiger partial charge >= 0.3 is 0 Å². The Hall–Kier alpha value is -3.13. The van der Waals surface area contributed by atoms with Crippen LogP contribution in [0.5, 0.6) is 0 Å². The molecule has 2 amide bonds. The van der Waals surface area contributed by atoms with Crippen molar-refractivity contribution < 1.29 is 14.0 Å². The molecule has 1 aliphatic heterocycles. The van der Waals surface area contributed by atoms with Crippen molar-refractivity contribution in [2.75, 3.05) is 18.1 Å². The molecule has 0 saturated carbocycles. The van der Waals surface area contributed by atoms with E-state index in [9.17, 15) is 14.0 Å². The molecule has 154 valence electrons. The molecule has 4 rings (SSSR count). The molecule has 8 heteroatoms. The number of halogens is 1. The van der Waals surface area contributed by atoms with Crippen LogP contribution >= 0.6 is 11.8 Å². The summed E-state index contributed by atoms with van der Waals surface area (Å²) < 4.78 is 14.7. The number of fused-ring (bicyclic) bond motifs is 1. The van der Waals surface area contributed by atoms with Gasteiger partial charge in [0.1, 0.15) is 11.5 Å². The monoisotopic (exact) mass is 424 g/mol. The summed E-state index contributed by atoms with van der Waals surface area (Å²) in [5.74, 6) is -0.850. The summed E-state index contributed by atoms with van der Waals surface area (Å²) in [4.78, 5) is 28.5. The van der Waals surface area contributed by atoms with Gasteiger partial charge in [0.05, 0.1) is 0 Å². The van der Waals surface area contributed by atoms with Crippen LogP contribution < -0.4 is 5.32 Å². The average molecular weight is 425 g/mol. The van der Waals surface area contributed by atoms with Gasteiger partial charge in [-0.3, -0.25) is 14.3 Å². The molecule has 3 aromatic rings. The van der Waals surface area contributed by atoms with Gasteiger partial charge in [0.25, 0.3) is 11.8 Å². The number of aryl methyl sites for hydroxylation is 1. The molecule has 0 aliphatic carbocycles. The van der Waals surface area contributed by atoms with Crippen LogP contribution in [0.4, 0.5) is 10.1 Å². The van der Waals surface area contributed by atoms with Crippen molar-refractivity contribution in [1.29, 1.82) is 0 Å². The van der Waals surface area contributed by atoms with Crippen molar-refractivity contribution in [1.82, 2.24) is 14.7 Å². The van der Waals surface area contributed by atoms with E-state index < -0.39 is 0 Å². The predicted octanol–water partition coefficient (Wildman–Crippen LogP) is 4.04. The number of carbonyl (C=O) groups excluding carboxylic acids is 2. The van der Waals surface area contributed by atoms with Gasteiger partial charge in [-0.05, 0) is 48.6 Å². The van der Waals surface area contributed by atoms with Crippen LogP contribution in [0.15, 0.2) is 59.5 Å². The molecule has 0 saturated heterocycles. The largest absolute Gasteiger partial charge is 0.333 e. The quantitative estimate of drug-likeness (QED) is 0.628. The number of nitrogens with zero attached hydrogens (tertiary/aromatic N) is 3. The maximum Gasteiger partial charge on any atom is 0.276 e. The first-order valence-corrected chi connectivity index (χ1v) is 10.8. The van der Waals surface area contributed by atoms with Crippen LogP contribution in [0, 0.1) is 5.82 Å². The minimum Gasteiger partial charge on any atom is -0.333 e. The Morgan fingerprint density at radius 1 is 1.17 bits per heavy atom. The van der Waals surface area contributed by atoms with E-state index in [0.29, 0.717) is 31.0 Å². The highest BCUT2D eigenvalue weighted by molar-refractivity contribution is 7.98. The van der Waals surface area contributed by atoms with Gasteiger partial charge in [-0.25, -0.2) is 4.39 Å². The Balaban J connectivity index is 1.52. The number of anilines is 1. The van der Waals surface area contributed by atoms with E-state index in [1.165, 1.54) is 12.1 Å². The highest BCUT2D eigenvalue weighted by Gasteiger charge is 2.26. The normalized spacial score (nSPS) is 13.7. The van der Waals surface area contributed by atoms with Gasteiger partial charge in [0.15, 0.2) is 5.69 Å². The Kier molecular flexibility index (Phi) is 5.85. The van der Waals surface area contributed by atoms with Crippen LogP contribution in [0.1, 0.15) is 33.0 Å². The van der Waals surface area contributed by atoms with Crippen molar-refractivity contribution >= 4 is 29.3 Å². The maximum atomic E-state index is 13.1. The number of nitrogens with one attached hydrogen (secondary N) is 1. The fourth-order valence-electron chi connectivity index (χ4n) is 3.40. The molecule has 0 fully saturated rings. The van der Waals surface area contributed by atoms with Crippen LogP contribution in [0.2, 0.25) is 0 Å². The first kappa shape index (κ1) is 20.2. The zero-order chi connectivity index (χ0) is 21.1. The highest BCUT2D eigenvalue weighted by Crippen LogP contribution is 2.21. The lowest BCUT2D eigenvalue weighted by atomic mass is 10.2. The van der Waals surface area contributed by atoms with Gasteiger partial charge in [-0.1, -0.05) is 18.2 Å². The van der Waals surface area contributed by atoms with Crippen LogP contribution in [-0.2, 0) is 13.1 Å². The third-order valence-electron chi connectivity index (χ3n) is 4.93. The molecule has 0 atom stereocenters. The molecule has 0 spiro atoms. The summed E-state index contributed by atoms with van der Waals surface area (Å²) in [5, 5.41) is 7.20. The first-order chi connectivity index (χ1) is 14.5. The summed E-state index contributed by atoms with van der Waals surface area (Å²) >= 11 is 1.59.